The van der Waals surface area contributed by atoms with Crippen LogP contribution in [0.15, 0.2) is 18.2 Å². The van der Waals surface area contributed by atoms with Gasteiger partial charge in [-0.25, -0.2) is 0 Å². The molecule has 0 radical (unpaired) electrons. The quantitative estimate of drug-likeness (QED) is 0.873. The molecular weight excluding hydrogens is 242 g/mol. The molecule has 0 aromatic heterocycles. The van der Waals surface area contributed by atoms with Crippen LogP contribution in [0, 0.1) is 0 Å². The topological polar surface area (TPSA) is 32.3 Å². The van der Waals surface area contributed by atoms with Crippen molar-refractivity contribution in [2.75, 3.05) is 11.5 Å². The summed E-state index contributed by atoms with van der Waals surface area (Å²) in [7, 11) is 0. The average Bonchev–Trinajstić information content (AvgIpc) is 2.30. The molecule has 16 heavy (non-hydrogen) atoms. The minimum Gasteiger partial charge on any atom is -0.508 e. The van der Waals surface area contributed by atoms with E-state index in [9.17, 15) is 5.11 Å². The van der Waals surface area contributed by atoms with Crippen molar-refractivity contribution in [1.29, 1.82) is 0 Å². The number of rotatable bonds is 3. The van der Waals surface area contributed by atoms with Crippen molar-refractivity contribution in [3.05, 3.63) is 28.8 Å². The average molecular weight is 258 g/mol. The van der Waals surface area contributed by atoms with Gasteiger partial charge in [-0.2, -0.15) is 11.8 Å². The van der Waals surface area contributed by atoms with Crippen molar-refractivity contribution < 1.29 is 5.11 Å². The van der Waals surface area contributed by atoms with E-state index in [2.05, 4.69) is 5.32 Å². The summed E-state index contributed by atoms with van der Waals surface area (Å²) in [5, 5.41) is 13.8. The van der Waals surface area contributed by atoms with Crippen LogP contribution in [0.25, 0.3) is 0 Å². The maximum absolute atomic E-state index is 9.69. The molecule has 2 rings (SSSR count). The van der Waals surface area contributed by atoms with Gasteiger partial charge >= 0.3 is 0 Å². The third-order valence-electron chi connectivity index (χ3n) is 2.88. The van der Waals surface area contributed by atoms with E-state index < -0.39 is 0 Å². The van der Waals surface area contributed by atoms with Crippen LogP contribution in [0.5, 0.6) is 5.75 Å². The Morgan fingerprint density at radius 2 is 2.12 bits per heavy atom. The minimum atomic E-state index is 0.283. The van der Waals surface area contributed by atoms with E-state index in [0.29, 0.717) is 17.6 Å². The van der Waals surface area contributed by atoms with Crippen molar-refractivity contribution in [3.63, 3.8) is 0 Å². The van der Waals surface area contributed by atoms with E-state index in [-0.39, 0.29) is 5.75 Å². The number of phenols is 1. The lowest BCUT2D eigenvalue weighted by molar-refractivity contribution is 0.447. The van der Waals surface area contributed by atoms with E-state index in [4.69, 9.17) is 11.6 Å². The summed E-state index contributed by atoms with van der Waals surface area (Å²) in [5.74, 6) is 2.74. The number of hydrogen-bond acceptors (Lipinski definition) is 3. The molecule has 0 unspecified atom stereocenters. The molecule has 1 aliphatic heterocycles. The first-order valence-electron chi connectivity index (χ1n) is 5.55. The highest BCUT2D eigenvalue weighted by molar-refractivity contribution is 7.99. The van der Waals surface area contributed by atoms with Gasteiger partial charge in [-0.3, -0.25) is 0 Å². The van der Waals surface area contributed by atoms with E-state index in [1.165, 1.54) is 24.3 Å². The van der Waals surface area contributed by atoms with Gasteiger partial charge in [0.1, 0.15) is 5.75 Å². The second-order valence-corrected chi connectivity index (χ2v) is 5.64. The second-order valence-electron chi connectivity index (χ2n) is 4.01. The van der Waals surface area contributed by atoms with Gasteiger partial charge in [0.05, 0.1) is 0 Å². The number of benzene rings is 1. The largest absolute Gasteiger partial charge is 0.508 e. The summed E-state index contributed by atoms with van der Waals surface area (Å²) < 4.78 is 0. The monoisotopic (exact) mass is 257 g/mol. The minimum absolute atomic E-state index is 0.283. The number of phenolic OH excluding ortho intramolecular Hbond substituents is 1. The van der Waals surface area contributed by atoms with Gasteiger partial charge in [0.15, 0.2) is 0 Å². The Kier molecular flexibility index (Phi) is 4.38. The Balaban J connectivity index is 1.93. The molecule has 0 aliphatic carbocycles. The van der Waals surface area contributed by atoms with Gasteiger partial charge in [0.2, 0.25) is 0 Å². The lowest BCUT2D eigenvalue weighted by Gasteiger charge is -2.23. The van der Waals surface area contributed by atoms with Gasteiger partial charge in [0, 0.05) is 23.2 Å². The predicted molar refractivity (Wildman–Crippen MR) is 70.3 cm³/mol. The Morgan fingerprint density at radius 1 is 1.38 bits per heavy atom. The third-order valence-corrected chi connectivity index (χ3v) is 4.29. The molecule has 0 saturated carbocycles. The van der Waals surface area contributed by atoms with Crippen LogP contribution >= 0.6 is 23.4 Å². The van der Waals surface area contributed by atoms with Crippen molar-refractivity contribution >= 4 is 23.4 Å². The first-order chi connectivity index (χ1) is 7.77. The molecular formula is C12H16ClNOS. The Hall–Kier alpha value is -0.380. The van der Waals surface area contributed by atoms with Crippen molar-refractivity contribution in [2.24, 2.45) is 0 Å². The predicted octanol–water partition coefficient (Wildman–Crippen LogP) is 3.03. The molecule has 2 nitrogen and oxygen atoms in total. The zero-order valence-electron chi connectivity index (χ0n) is 9.08. The van der Waals surface area contributed by atoms with Gasteiger partial charge in [-0.15, -0.1) is 0 Å². The van der Waals surface area contributed by atoms with Crippen LogP contribution in [-0.4, -0.2) is 22.7 Å². The zero-order chi connectivity index (χ0) is 11.4. The maximum atomic E-state index is 9.69. The molecule has 4 heteroatoms. The molecule has 0 atom stereocenters. The lowest BCUT2D eigenvalue weighted by Crippen LogP contribution is -2.32. The molecule has 1 aromatic carbocycles. The molecule has 0 spiro atoms. The summed E-state index contributed by atoms with van der Waals surface area (Å²) in [6, 6.07) is 5.82. The Bertz CT molecular complexity index is 333. The van der Waals surface area contributed by atoms with Crippen molar-refractivity contribution in [3.8, 4) is 5.75 Å². The fourth-order valence-corrected chi connectivity index (χ4v) is 3.21. The molecule has 1 aliphatic rings. The normalized spacial score (nSPS) is 17.6. The molecule has 1 fully saturated rings. The smallest absolute Gasteiger partial charge is 0.121 e. The van der Waals surface area contributed by atoms with Gasteiger partial charge in [-0.1, -0.05) is 17.7 Å². The lowest BCUT2D eigenvalue weighted by atomic mass is 10.1. The van der Waals surface area contributed by atoms with E-state index >= 15 is 0 Å². The highest BCUT2D eigenvalue weighted by Gasteiger charge is 2.14. The molecule has 1 saturated heterocycles. The van der Waals surface area contributed by atoms with Crippen LogP contribution in [0.2, 0.25) is 5.02 Å². The van der Waals surface area contributed by atoms with Gasteiger partial charge < -0.3 is 10.4 Å². The molecule has 1 heterocycles. The SMILES string of the molecule is Oc1cccc(Cl)c1CNC1CCSCC1. The first-order valence-corrected chi connectivity index (χ1v) is 7.08. The second kappa shape index (κ2) is 5.80. The summed E-state index contributed by atoms with van der Waals surface area (Å²) in [6.45, 7) is 0.654. The van der Waals surface area contributed by atoms with E-state index in [1.807, 2.05) is 17.8 Å². The standard InChI is InChI=1S/C12H16ClNOS/c13-11-2-1-3-12(15)10(11)8-14-9-4-6-16-7-5-9/h1-3,9,14-15H,4-8H2. The summed E-state index contributed by atoms with van der Waals surface area (Å²) in [5.41, 5.74) is 0.808. The fraction of sp³-hybridized carbons (Fsp3) is 0.500. The summed E-state index contributed by atoms with van der Waals surface area (Å²) in [6.07, 6.45) is 2.41. The van der Waals surface area contributed by atoms with Crippen LogP contribution in [-0.2, 0) is 6.54 Å². The van der Waals surface area contributed by atoms with Gasteiger partial charge in [-0.05, 0) is 36.5 Å². The Morgan fingerprint density at radius 3 is 2.81 bits per heavy atom. The molecule has 0 amide bonds. The highest BCUT2D eigenvalue weighted by Crippen LogP contribution is 2.25. The number of hydrogen-bond donors (Lipinski definition) is 2. The first kappa shape index (κ1) is 12.1. The maximum Gasteiger partial charge on any atom is 0.121 e. The fourth-order valence-electron chi connectivity index (χ4n) is 1.87. The number of nitrogens with one attached hydrogen (secondary N) is 1. The van der Waals surface area contributed by atoms with Gasteiger partial charge in [0.25, 0.3) is 0 Å². The number of halogens is 1. The van der Waals surface area contributed by atoms with E-state index in [0.717, 1.165) is 5.56 Å². The van der Waals surface area contributed by atoms with Crippen molar-refractivity contribution in [1.82, 2.24) is 5.32 Å². The Labute approximate surface area is 105 Å². The number of thioether (sulfide) groups is 1. The van der Waals surface area contributed by atoms with Crippen LogP contribution in [0.4, 0.5) is 0 Å². The van der Waals surface area contributed by atoms with Crippen LogP contribution in [0.1, 0.15) is 18.4 Å². The van der Waals surface area contributed by atoms with E-state index in [1.54, 1.807) is 12.1 Å². The summed E-state index contributed by atoms with van der Waals surface area (Å²) in [4.78, 5) is 0. The van der Waals surface area contributed by atoms with Crippen LogP contribution in [0.3, 0.4) is 0 Å². The highest BCUT2D eigenvalue weighted by atomic mass is 35.5. The van der Waals surface area contributed by atoms with Crippen LogP contribution < -0.4 is 5.32 Å². The zero-order valence-corrected chi connectivity index (χ0v) is 10.7. The molecule has 2 N–H and O–H groups in total. The molecule has 1 aromatic rings. The molecule has 0 bridgehead atoms. The molecule has 88 valence electrons. The van der Waals surface area contributed by atoms with Crippen molar-refractivity contribution in [2.45, 2.75) is 25.4 Å². The summed E-state index contributed by atoms with van der Waals surface area (Å²) >= 11 is 8.05. The third kappa shape index (κ3) is 3.06. The number of aromatic hydroxyl groups is 1.